The highest BCUT2D eigenvalue weighted by Crippen LogP contribution is 2.25. The van der Waals surface area contributed by atoms with Crippen LogP contribution in [0.4, 0.5) is 0 Å². The fourth-order valence-electron chi connectivity index (χ4n) is 4.14. The molecule has 0 radical (unpaired) electrons. The van der Waals surface area contributed by atoms with Gasteiger partial charge in [-0.15, -0.1) is 11.3 Å². The minimum Gasteiger partial charge on any atom is -0.489 e. The van der Waals surface area contributed by atoms with Crippen molar-refractivity contribution < 1.29 is 9.53 Å². The largest absolute Gasteiger partial charge is 0.489 e. The lowest BCUT2D eigenvalue weighted by molar-refractivity contribution is 0.0633. The third-order valence-corrected chi connectivity index (χ3v) is 7.61. The zero-order chi connectivity index (χ0) is 23.5. The number of amides is 1. The highest BCUT2D eigenvalue weighted by molar-refractivity contribution is 7.12. The number of carbonyl (C=O) groups is 1. The van der Waals surface area contributed by atoms with E-state index >= 15 is 0 Å². The molecule has 1 amide bonds. The third-order valence-electron chi connectivity index (χ3n) is 6.06. The summed E-state index contributed by atoms with van der Waals surface area (Å²) in [7, 11) is 0. The van der Waals surface area contributed by atoms with E-state index in [9.17, 15) is 4.79 Å². The molecular formula is C27H24Cl2N2O2S. The topological polar surface area (TPSA) is 32.8 Å². The summed E-state index contributed by atoms with van der Waals surface area (Å²) in [5.74, 6) is 0.917. The van der Waals surface area contributed by atoms with Gasteiger partial charge in [-0.25, -0.2) is 0 Å². The second-order valence-electron chi connectivity index (χ2n) is 8.42. The van der Waals surface area contributed by atoms with Crippen LogP contribution in [0.1, 0.15) is 20.8 Å². The number of carbonyl (C=O) groups excluding carboxylic acids is 1. The van der Waals surface area contributed by atoms with Gasteiger partial charge in [-0.1, -0.05) is 59.6 Å². The van der Waals surface area contributed by atoms with Crippen LogP contribution >= 0.6 is 34.5 Å². The molecule has 1 saturated heterocycles. The Hall–Kier alpha value is -2.57. The summed E-state index contributed by atoms with van der Waals surface area (Å²) in [6, 6.07) is 21.9. The summed E-state index contributed by atoms with van der Waals surface area (Å²) in [6.07, 6.45) is 0. The van der Waals surface area contributed by atoms with E-state index in [0.29, 0.717) is 29.7 Å². The Morgan fingerprint density at radius 1 is 0.912 bits per heavy atom. The van der Waals surface area contributed by atoms with Gasteiger partial charge in [0.15, 0.2) is 0 Å². The highest BCUT2D eigenvalue weighted by atomic mass is 35.5. The lowest BCUT2D eigenvalue weighted by atomic mass is 10.1. The van der Waals surface area contributed by atoms with E-state index in [1.807, 2.05) is 52.7 Å². The standard InChI is InChI=1S/C27H24Cl2N2O2S/c28-23-7-5-22(25(29)15-23)16-30-9-11-31(12-10-30)27(32)26-13-19(18-34-26)17-33-24-8-6-20-3-1-2-4-21(20)14-24/h1-8,13-15,18H,9-12,16-17H2. The number of ether oxygens (including phenoxy) is 1. The van der Waals surface area contributed by atoms with E-state index in [1.54, 1.807) is 6.07 Å². The summed E-state index contributed by atoms with van der Waals surface area (Å²) in [6.45, 7) is 4.22. The molecule has 1 aliphatic rings. The van der Waals surface area contributed by atoms with Gasteiger partial charge in [0.2, 0.25) is 0 Å². The molecule has 4 aromatic rings. The molecule has 1 aromatic heterocycles. The van der Waals surface area contributed by atoms with Crippen molar-refractivity contribution in [1.82, 2.24) is 9.80 Å². The first-order valence-electron chi connectivity index (χ1n) is 11.2. The van der Waals surface area contributed by atoms with Crippen molar-refractivity contribution in [3.8, 4) is 5.75 Å². The smallest absolute Gasteiger partial charge is 0.264 e. The molecule has 0 aliphatic carbocycles. The number of benzene rings is 3. The van der Waals surface area contributed by atoms with Crippen LogP contribution in [0.2, 0.25) is 10.0 Å². The minimum absolute atomic E-state index is 0.0890. The van der Waals surface area contributed by atoms with Gasteiger partial charge >= 0.3 is 0 Å². The molecule has 2 heterocycles. The number of rotatable bonds is 6. The van der Waals surface area contributed by atoms with Gasteiger partial charge in [-0.3, -0.25) is 9.69 Å². The number of nitrogens with zero attached hydrogens (tertiary/aromatic N) is 2. The van der Waals surface area contributed by atoms with Gasteiger partial charge in [-0.2, -0.15) is 0 Å². The van der Waals surface area contributed by atoms with Crippen LogP contribution in [0.25, 0.3) is 10.8 Å². The fourth-order valence-corrected chi connectivity index (χ4v) is 5.48. The molecule has 3 aromatic carbocycles. The van der Waals surface area contributed by atoms with Crippen LogP contribution < -0.4 is 4.74 Å². The highest BCUT2D eigenvalue weighted by Gasteiger charge is 2.23. The summed E-state index contributed by atoms with van der Waals surface area (Å²) in [4.78, 5) is 18.0. The molecule has 0 atom stereocenters. The van der Waals surface area contributed by atoms with Crippen molar-refractivity contribution in [2.24, 2.45) is 0 Å². The van der Waals surface area contributed by atoms with Crippen LogP contribution in [0.5, 0.6) is 5.75 Å². The lowest BCUT2D eigenvalue weighted by Crippen LogP contribution is -2.48. The maximum atomic E-state index is 13.0. The van der Waals surface area contributed by atoms with Crippen molar-refractivity contribution in [2.75, 3.05) is 26.2 Å². The molecule has 0 N–H and O–H groups in total. The Kier molecular flexibility index (Phi) is 7.07. The third kappa shape index (κ3) is 5.39. The Morgan fingerprint density at radius 2 is 1.71 bits per heavy atom. The quantitative estimate of drug-likeness (QED) is 0.287. The first-order chi connectivity index (χ1) is 16.5. The van der Waals surface area contributed by atoms with E-state index in [2.05, 4.69) is 23.1 Å². The van der Waals surface area contributed by atoms with Crippen molar-refractivity contribution in [1.29, 1.82) is 0 Å². The van der Waals surface area contributed by atoms with Crippen molar-refractivity contribution in [3.05, 3.63) is 98.2 Å². The molecule has 0 bridgehead atoms. The lowest BCUT2D eigenvalue weighted by Gasteiger charge is -2.34. The SMILES string of the molecule is O=C(c1cc(COc2ccc3ccccc3c2)cs1)N1CCN(Cc2ccc(Cl)cc2Cl)CC1. The van der Waals surface area contributed by atoms with Gasteiger partial charge in [0.25, 0.3) is 5.91 Å². The number of hydrogen-bond donors (Lipinski definition) is 0. The van der Waals surface area contributed by atoms with Crippen molar-refractivity contribution in [3.63, 3.8) is 0 Å². The van der Waals surface area contributed by atoms with Gasteiger partial charge in [-0.05, 0) is 52.0 Å². The summed E-state index contributed by atoms with van der Waals surface area (Å²) >= 11 is 13.8. The first kappa shape index (κ1) is 23.2. The normalized spacial score (nSPS) is 14.5. The molecule has 0 unspecified atom stereocenters. The van der Waals surface area contributed by atoms with Gasteiger partial charge in [0.05, 0.1) is 4.88 Å². The van der Waals surface area contributed by atoms with E-state index in [0.717, 1.165) is 46.8 Å². The average molecular weight is 511 g/mol. The molecule has 174 valence electrons. The predicted molar refractivity (Wildman–Crippen MR) is 140 cm³/mol. The number of hydrogen-bond acceptors (Lipinski definition) is 4. The van der Waals surface area contributed by atoms with E-state index < -0.39 is 0 Å². The Labute approximate surface area is 213 Å². The van der Waals surface area contributed by atoms with Crippen molar-refractivity contribution >= 4 is 51.2 Å². The molecule has 1 fully saturated rings. The number of fused-ring (bicyclic) bond motifs is 1. The monoisotopic (exact) mass is 510 g/mol. The molecule has 5 rings (SSSR count). The Balaban J connectivity index is 1.14. The van der Waals surface area contributed by atoms with E-state index in [1.165, 1.54) is 16.7 Å². The predicted octanol–water partition coefficient (Wildman–Crippen LogP) is 6.75. The maximum absolute atomic E-state index is 13.0. The van der Waals surface area contributed by atoms with Crippen LogP contribution in [-0.4, -0.2) is 41.9 Å². The molecule has 1 aliphatic heterocycles. The Bertz CT molecular complexity index is 1310. The van der Waals surface area contributed by atoms with Crippen molar-refractivity contribution in [2.45, 2.75) is 13.2 Å². The van der Waals surface area contributed by atoms with Gasteiger partial charge in [0.1, 0.15) is 12.4 Å². The fraction of sp³-hybridized carbons (Fsp3) is 0.222. The second-order valence-corrected chi connectivity index (χ2v) is 10.2. The second kappa shape index (κ2) is 10.4. The van der Waals surface area contributed by atoms with Crippen LogP contribution in [-0.2, 0) is 13.2 Å². The van der Waals surface area contributed by atoms with E-state index in [4.69, 9.17) is 27.9 Å². The van der Waals surface area contributed by atoms with E-state index in [-0.39, 0.29) is 5.91 Å². The van der Waals surface area contributed by atoms with Crippen LogP contribution in [0.3, 0.4) is 0 Å². The van der Waals surface area contributed by atoms with Gasteiger partial charge in [0, 0.05) is 48.3 Å². The summed E-state index contributed by atoms with van der Waals surface area (Å²) in [5, 5.41) is 5.67. The number of thiophene rings is 1. The molecule has 0 saturated carbocycles. The number of halogens is 2. The average Bonchev–Trinajstić information content (AvgIpc) is 3.33. The zero-order valence-electron chi connectivity index (χ0n) is 18.5. The maximum Gasteiger partial charge on any atom is 0.264 e. The van der Waals surface area contributed by atoms with Crippen LogP contribution in [0, 0.1) is 0 Å². The van der Waals surface area contributed by atoms with Gasteiger partial charge < -0.3 is 9.64 Å². The zero-order valence-corrected chi connectivity index (χ0v) is 20.9. The number of piperazine rings is 1. The van der Waals surface area contributed by atoms with Crippen LogP contribution in [0.15, 0.2) is 72.1 Å². The molecular weight excluding hydrogens is 487 g/mol. The molecule has 7 heteroatoms. The molecule has 34 heavy (non-hydrogen) atoms. The Morgan fingerprint density at radius 3 is 2.50 bits per heavy atom. The summed E-state index contributed by atoms with van der Waals surface area (Å²) in [5.41, 5.74) is 2.07. The minimum atomic E-state index is 0.0890. The molecule has 4 nitrogen and oxygen atoms in total. The summed E-state index contributed by atoms with van der Waals surface area (Å²) < 4.78 is 5.98. The molecule has 0 spiro atoms. The first-order valence-corrected chi connectivity index (χ1v) is 12.8.